The maximum atomic E-state index is 5.19. The minimum Gasteiger partial charge on any atom is -0.380 e. The van der Waals surface area contributed by atoms with Crippen LogP contribution in [0.3, 0.4) is 0 Å². The van der Waals surface area contributed by atoms with E-state index in [1.165, 1.54) is 22.3 Å². The van der Waals surface area contributed by atoms with Crippen LogP contribution in [-0.4, -0.2) is 7.11 Å². The van der Waals surface area contributed by atoms with Crippen LogP contribution in [0.25, 0.3) is 0 Å². The van der Waals surface area contributed by atoms with Crippen LogP contribution in [0.2, 0.25) is 0 Å². The van der Waals surface area contributed by atoms with Crippen LogP contribution < -0.4 is 0 Å². The Balaban J connectivity index is 2.26. The Morgan fingerprint density at radius 3 is 2.33 bits per heavy atom. The van der Waals surface area contributed by atoms with E-state index in [4.69, 9.17) is 4.74 Å². The van der Waals surface area contributed by atoms with Gasteiger partial charge in [-0.1, -0.05) is 55.5 Å². The first-order valence-electron chi connectivity index (χ1n) is 6.35. The number of hydrogen-bond donors (Lipinski definition) is 0. The molecule has 1 heteroatoms. The molecule has 0 aliphatic heterocycles. The third kappa shape index (κ3) is 2.80. The highest BCUT2D eigenvalue weighted by Crippen LogP contribution is 2.25. The molecule has 0 heterocycles. The molecule has 1 atom stereocenters. The number of hydrogen-bond acceptors (Lipinski definition) is 1. The minimum atomic E-state index is 0.432. The van der Waals surface area contributed by atoms with Crippen LogP contribution in [-0.2, 0) is 11.3 Å². The van der Waals surface area contributed by atoms with Gasteiger partial charge in [0.2, 0.25) is 0 Å². The molecular weight excluding hydrogens is 220 g/mol. The van der Waals surface area contributed by atoms with E-state index in [0.717, 1.165) is 0 Å². The number of ether oxygens (including phenoxy) is 1. The first-order valence-corrected chi connectivity index (χ1v) is 6.35. The molecular formula is C17H20O. The molecule has 2 aromatic carbocycles. The van der Waals surface area contributed by atoms with Gasteiger partial charge in [-0.25, -0.2) is 0 Å². The van der Waals surface area contributed by atoms with Crippen LogP contribution >= 0.6 is 0 Å². The van der Waals surface area contributed by atoms with E-state index in [1.54, 1.807) is 7.11 Å². The average molecular weight is 240 g/mol. The highest BCUT2D eigenvalue weighted by molar-refractivity contribution is 5.37. The van der Waals surface area contributed by atoms with Crippen molar-refractivity contribution in [3.63, 3.8) is 0 Å². The molecule has 0 aliphatic rings. The van der Waals surface area contributed by atoms with Gasteiger partial charge in [0.05, 0.1) is 6.61 Å². The first-order chi connectivity index (χ1) is 8.72. The summed E-state index contributed by atoms with van der Waals surface area (Å²) in [5.74, 6) is 0.432. The molecule has 1 nitrogen and oxygen atoms in total. The van der Waals surface area contributed by atoms with Crippen LogP contribution in [0.15, 0.2) is 48.5 Å². The lowest BCUT2D eigenvalue weighted by Crippen LogP contribution is -1.99. The molecule has 2 aromatic rings. The Morgan fingerprint density at radius 1 is 1.00 bits per heavy atom. The Kier molecular flexibility index (Phi) is 4.16. The lowest BCUT2D eigenvalue weighted by atomic mass is 9.91. The van der Waals surface area contributed by atoms with Crippen molar-refractivity contribution in [3.05, 3.63) is 70.8 Å². The van der Waals surface area contributed by atoms with Gasteiger partial charge in [0, 0.05) is 13.0 Å². The molecule has 0 saturated heterocycles. The topological polar surface area (TPSA) is 9.23 Å². The zero-order chi connectivity index (χ0) is 13.0. The van der Waals surface area contributed by atoms with Crippen molar-refractivity contribution in [1.29, 1.82) is 0 Å². The maximum Gasteiger partial charge on any atom is 0.0715 e. The summed E-state index contributed by atoms with van der Waals surface area (Å²) < 4.78 is 5.19. The smallest absolute Gasteiger partial charge is 0.0715 e. The standard InChI is InChI=1S/C17H20O/c1-13-11-16(9-10-17(13)12-18-3)14(2)15-7-5-4-6-8-15/h4-11,14H,12H2,1-3H3. The van der Waals surface area contributed by atoms with Crippen molar-refractivity contribution in [2.45, 2.75) is 26.4 Å². The van der Waals surface area contributed by atoms with Gasteiger partial charge < -0.3 is 4.74 Å². The molecule has 0 bridgehead atoms. The first kappa shape index (κ1) is 12.8. The Hall–Kier alpha value is -1.60. The summed E-state index contributed by atoms with van der Waals surface area (Å²) in [6.07, 6.45) is 0. The average Bonchev–Trinajstić information content (AvgIpc) is 2.41. The zero-order valence-corrected chi connectivity index (χ0v) is 11.3. The Bertz CT molecular complexity index is 502. The minimum absolute atomic E-state index is 0.432. The second-order valence-electron chi connectivity index (χ2n) is 4.75. The number of rotatable bonds is 4. The third-order valence-corrected chi connectivity index (χ3v) is 3.47. The second-order valence-corrected chi connectivity index (χ2v) is 4.75. The van der Waals surface area contributed by atoms with Gasteiger partial charge in [-0.15, -0.1) is 0 Å². The summed E-state index contributed by atoms with van der Waals surface area (Å²) in [5.41, 5.74) is 5.29. The normalized spacial score (nSPS) is 12.4. The van der Waals surface area contributed by atoms with Crippen molar-refractivity contribution in [1.82, 2.24) is 0 Å². The Morgan fingerprint density at radius 2 is 1.72 bits per heavy atom. The van der Waals surface area contributed by atoms with Crippen molar-refractivity contribution in [2.75, 3.05) is 7.11 Å². The maximum absolute atomic E-state index is 5.19. The number of methoxy groups -OCH3 is 1. The van der Waals surface area contributed by atoms with Gasteiger partial charge in [0.15, 0.2) is 0 Å². The fourth-order valence-corrected chi connectivity index (χ4v) is 2.24. The summed E-state index contributed by atoms with van der Waals surface area (Å²) in [5, 5.41) is 0. The van der Waals surface area contributed by atoms with Crippen LogP contribution in [0.4, 0.5) is 0 Å². The van der Waals surface area contributed by atoms with Crippen molar-refractivity contribution < 1.29 is 4.74 Å². The molecule has 0 N–H and O–H groups in total. The molecule has 0 saturated carbocycles. The monoisotopic (exact) mass is 240 g/mol. The van der Waals surface area contributed by atoms with Gasteiger partial charge in [-0.2, -0.15) is 0 Å². The van der Waals surface area contributed by atoms with Gasteiger partial charge in [-0.3, -0.25) is 0 Å². The van der Waals surface area contributed by atoms with E-state index in [2.05, 4.69) is 62.4 Å². The van der Waals surface area contributed by atoms with E-state index >= 15 is 0 Å². The van der Waals surface area contributed by atoms with E-state index in [-0.39, 0.29) is 0 Å². The molecule has 1 unspecified atom stereocenters. The molecule has 0 radical (unpaired) electrons. The van der Waals surface area contributed by atoms with Gasteiger partial charge >= 0.3 is 0 Å². The van der Waals surface area contributed by atoms with Gasteiger partial charge in [0.1, 0.15) is 0 Å². The van der Waals surface area contributed by atoms with Crippen LogP contribution in [0, 0.1) is 6.92 Å². The van der Waals surface area contributed by atoms with Crippen LogP contribution in [0.1, 0.15) is 35.1 Å². The molecule has 0 spiro atoms. The largest absolute Gasteiger partial charge is 0.380 e. The summed E-state index contributed by atoms with van der Waals surface area (Å²) in [6.45, 7) is 5.08. The van der Waals surface area contributed by atoms with E-state index in [0.29, 0.717) is 12.5 Å². The summed E-state index contributed by atoms with van der Waals surface area (Å²) in [4.78, 5) is 0. The van der Waals surface area contributed by atoms with Gasteiger partial charge in [0.25, 0.3) is 0 Å². The molecule has 18 heavy (non-hydrogen) atoms. The quantitative estimate of drug-likeness (QED) is 0.774. The molecule has 0 amide bonds. The highest BCUT2D eigenvalue weighted by Gasteiger charge is 2.09. The number of aryl methyl sites for hydroxylation is 1. The van der Waals surface area contributed by atoms with E-state index in [9.17, 15) is 0 Å². The lowest BCUT2D eigenvalue weighted by molar-refractivity contribution is 0.184. The number of benzene rings is 2. The third-order valence-electron chi connectivity index (χ3n) is 3.47. The lowest BCUT2D eigenvalue weighted by Gasteiger charge is -2.14. The zero-order valence-electron chi connectivity index (χ0n) is 11.3. The highest BCUT2D eigenvalue weighted by atomic mass is 16.5. The molecule has 94 valence electrons. The van der Waals surface area contributed by atoms with Gasteiger partial charge in [-0.05, 0) is 29.2 Å². The summed E-state index contributed by atoms with van der Waals surface area (Å²) in [7, 11) is 1.74. The molecule has 0 fully saturated rings. The van der Waals surface area contributed by atoms with E-state index < -0.39 is 0 Å². The van der Waals surface area contributed by atoms with E-state index in [1.807, 2.05) is 0 Å². The summed E-state index contributed by atoms with van der Waals surface area (Å²) in [6, 6.07) is 17.3. The molecule has 2 rings (SSSR count). The predicted molar refractivity (Wildman–Crippen MR) is 75.9 cm³/mol. The fraction of sp³-hybridized carbons (Fsp3) is 0.294. The molecule has 0 aromatic heterocycles. The summed E-state index contributed by atoms with van der Waals surface area (Å²) >= 11 is 0. The van der Waals surface area contributed by atoms with Crippen molar-refractivity contribution in [3.8, 4) is 0 Å². The Labute approximate surface area is 109 Å². The second kappa shape index (κ2) is 5.83. The molecule has 0 aliphatic carbocycles. The van der Waals surface area contributed by atoms with Crippen molar-refractivity contribution in [2.24, 2.45) is 0 Å². The predicted octanol–water partition coefficient (Wildman–Crippen LogP) is 4.29. The van der Waals surface area contributed by atoms with Crippen LogP contribution in [0.5, 0.6) is 0 Å². The SMILES string of the molecule is COCc1ccc(C(C)c2ccccc2)cc1C. The van der Waals surface area contributed by atoms with Crippen molar-refractivity contribution >= 4 is 0 Å². The fourth-order valence-electron chi connectivity index (χ4n) is 2.24.